The predicted molar refractivity (Wildman–Crippen MR) is 122 cm³/mol. The highest BCUT2D eigenvalue weighted by Gasteiger charge is 2.27. The number of thiocarbonyl (C=S) groups is 1. The molecule has 0 bridgehead atoms. The molecule has 3 aliphatic rings. The number of sulfonamides is 1. The molecule has 2 aliphatic heterocycles. The number of nitrogens with zero attached hydrogens (tertiary/aromatic N) is 3. The van der Waals surface area contributed by atoms with Gasteiger partial charge in [0.25, 0.3) is 0 Å². The van der Waals surface area contributed by atoms with Crippen LogP contribution >= 0.6 is 12.2 Å². The van der Waals surface area contributed by atoms with Crippen molar-refractivity contribution in [2.75, 3.05) is 57.8 Å². The first-order chi connectivity index (χ1) is 14.5. The molecule has 0 aromatic heterocycles. The van der Waals surface area contributed by atoms with Gasteiger partial charge in [-0.05, 0) is 49.3 Å². The molecule has 1 N–H and O–H groups in total. The Morgan fingerprint density at radius 1 is 0.933 bits per heavy atom. The van der Waals surface area contributed by atoms with Gasteiger partial charge < -0.3 is 15.0 Å². The minimum absolute atomic E-state index is 0.307. The lowest BCUT2D eigenvalue weighted by Crippen LogP contribution is -2.53. The highest BCUT2D eigenvalue weighted by molar-refractivity contribution is 7.89. The zero-order chi connectivity index (χ0) is 21.0. The largest absolute Gasteiger partial charge is 0.379 e. The number of rotatable bonds is 4. The Morgan fingerprint density at radius 2 is 1.57 bits per heavy atom. The zero-order valence-corrected chi connectivity index (χ0v) is 19.1. The van der Waals surface area contributed by atoms with Gasteiger partial charge in [-0.3, -0.25) is 4.90 Å². The summed E-state index contributed by atoms with van der Waals surface area (Å²) >= 11 is 5.62. The maximum Gasteiger partial charge on any atom is 0.243 e. The van der Waals surface area contributed by atoms with Gasteiger partial charge in [-0.1, -0.05) is 19.3 Å². The number of anilines is 1. The third-order valence-electron chi connectivity index (χ3n) is 6.41. The van der Waals surface area contributed by atoms with Crippen LogP contribution < -0.4 is 5.32 Å². The van der Waals surface area contributed by atoms with Gasteiger partial charge >= 0.3 is 0 Å². The topological polar surface area (TPSA) is 65.1 Å². The maximum absolute atomic E-state index is 12.7. The smallest absolute Gasteiger partial charge is 0.243 e. The highest BCUT2D eigenvalue weighted by Crippen LogP contribution is 2.24. The minimum atomic E-state index is -3.47. The molecule has 2 saturated heterocycles. The summed E-state index contributed by atoms with van der Waals surface area (Å²) in [5.41, 5.74) is 0.815. The van der Waals surface area contributed by atoms with E-state index in [1.54, 1.807) is 24.3 Å². The van der Waals surface area contributed by atoms with Gasteiger partial charge in [-0.2, -0.15) is 4.31 Å². The van der Waals surface area contributed by atoms with Crippen LogP contribution in [-0.4, -0.2) is 86.2 Å². The van der Waals surface area contributed by atoms with Crippen LogP contribution in [0, 0.1) is 0 Å². The molecule has 0 radical (unpaired) electrons. The molecule has 1 saturated carbocycles. The normalized spacial score (nSPS) is 22.7. The van der Waals surface area contributed by atoms with Crippen molar-refractivity contribution in [3.05, 3.63) is 24.3 Å². The van der Waals surface area contributed by atoms with Gasteiger partial charge in [0, 0.05) is 51.0 Å². The van der Waals surface area contributed by atoms with Crippen molar-refractivity contribution in [2.24, 2.45) is 0 Å². The Bertz CT molecular complexity index is 811. The molecule has 0 atom stereocenters. The lowest BCUT2D eigenvalue weighted by molar-refractivity contribution is 0.0730. The van der Waals surface area contributed by atoms with Gasteiger partial charge in [0.15, 0.2) is 5.11 Å². The van der Waals surface area contributed by atoms with E-state index in [0.29, 0.717) is 36.3 Å². The standard InChI is InChI=1S/C21H32N4O3S2/c26-30(27,25-14-16-28-17-15-25)20-8-6-18(7-9-20)22-21(29)24-12-10-23(11-13-24)19-4-2-1-3-5-19/h6-9,19H,1-5,10-17H2,(H,22,29). The van der Waals surface area contributed by atoms with E-state index in [1.165, 1.54) is 36.4 Å². The Balaban J connectivity index is 1.29. The minimum Gasteiger partial charge on any atom is -0.379 e. The summed E-state index contributed by atoms with van der Waals surface area (Å²) in [6.07, 6.45) is 6.78. The molecule has 0 unspecified atom stereocenters. The number of piperazine rings is 1. The van der Waals surface area contributed by atoms with E-state index in [9.17, 15) is 8.42 Å². The van der Waals surface area contributed by atoms with E-state index < -0.39 is 10.0 Å². The molecule has 1 aliphatic carbocycles. The molecule has 1 aromatic rings. The average Bonchev–Trinajstić information content (AvgIpc) is 2.81. The molecule has 7 nitrogen and oxygen atoms in total. The molecular formula is C21H32N4O3S2. The van der Waals surface area contributed by atoms with E-state index in [4.69, 9.17) is 17.0 Å². The Kier molecular flexibility index (Phi) is 7.25. The van der Waals surface area contributed by atoms with E-state index in [1.807, 2.05) is 0 Å². The number of hydrogen-bond acceptors (Lipinski definition) is 5. The number of hydrogen-bond donors (Lipinski definition) is 1. The fraction of sp³-hybridized carbons (Fsp3) is 0.667. The van der Waals surface area contributed by atoms with Crippen molar-refractivity contribution < 1.29 is 13.2 Å². The monoisotopic (exact) mass is 452 g/mol. The van der Waals surface area contributed by atoms with E-state index in [-0.39, 0.29) is 0 Å². The van der Waals surface area contributed by atoms with Crippen molar-refractivity contribution >= 4 is 33.0 Å². The second kappa shape index (κ2) is 9.91. The molecule has 0 amide bonds. The van der Waals surface area contributed by atoms with Gasteiger partial charge in [0.2, 0.25) is 10.0 Å². The molecule has 3 fully saturated rings. The average molecular weight is 453 g/mol. The number of benzene rings is 1. The molecule has 30 heavy (non-hydrogen) atoms. The molecule has 4 rings (SSSR count). The zero-order valence-electron chi connectivity index (χ0n) is 17.5. The van der Waals surface area contributed by atoms with Crippen LogP contribution in [0.15, 0.2) is 29.2 Å². The molecule has 9 heteroatoms. The third kappa shape index (κ3) is 5.13. The van der Waals surface area contributed by atoms with Crippen LogP contribution in [0.5, 0.6) is 0 Å². The summed E-state index contributed by atoms with van der Waals surface area (Å²) in [6, 6.07) is 7.63. The number of morpholine rings is 1. The summed E-state index contributed by atoms with van der Waals surface area (Å²) in [6.45, 7) is 5.69. The fourth-order valence-electron chi connectivity index (χ4n) is 4.59. The van der Waals surface area contributed by atoms with Gasteiger partial charge in [-0.15, -0.1) is 0 Å². The summed E-state index contributed by atoms with van der Waals surface area (Å²) in [7, 11) is -3.47. The van der Waals surface area contributed by atoms with Crippen molar-refractivity contribution in [1.82, 2.24) is 14.1 Å². The van der Waals surface area contributed by atoms with Crippen LogP contribution in [0.25, 0.3) is 0 Å². The van der Waals surface area contributed by atoms with E-state index in [0.717, 1.165) is 37.9 Å². The molecule has 166 valence electrons. The Hall–Kier alpha value is -1.26. The van der Waals surface area contributed by atoms with Crippen molar-refractivity contribution in [1.29, 1.82) is 0 Å². The van der Waals surface area contributed by atoms with Crippen LogP contribution in [0.4, 0.5) is 5.69 Å². The van der Waals surface area contributed by atoms with E-state index >= 15 is 0 Å². The van der Waals surface area contributed by atoms with Crippen molar-refractivity contribution in [3.8, 4) is 0 Å². The summed E-state index contributed by atoms with van der Waals surface area (Å²) in [4.78, 5) is 5.15. The van der Waals surface area contributed by atoms with Crippen LogP contribution in [0.2, 0.25) is 0 Å². The second-order valence-electron chi connectivity index (χ2n) is 8.29. The van der Waals surface area contributed by atoms with Crippen LogP contribution in [0.1, 0.15) is 32.1 Å². The highest BCUT2D eigenvalue weighted by atomic mass is 32.2. The fourth-order valence-corrected chi connectivity index (χ4v) is 6.29. The van der Waals surface area contributed by atoms with Gasteiger partial charge in [0.05, 0.1) is 18.1 Å². The maximum atomic E-state index is 12.7. The Morgan fingerprint density at radius 3 is 2.20 bits per heavy atom. The molecule has 0 spiro atoms. The van der Waals surface area contributed by atoms with Crippen molar-refractivity contribution in [2.45, 2.75) is 43.0 Å². The second-order valence-corrected chi connectivity index (χ2v) is 10.6. The third-order valence-corrected chi connectivity index (χ3v) is 8.68. The summed E-state index contributed by atoms with van der Waals surface area (Å²) in [5.74, 6) is 0. The number of ether oxygens (including phenoxy) is 1. The predicted octanol–water partition coefficient (Wildman–Crippen LogP) is 2.35. The SMILES string of the molecule is O=S(=O)(c1ccc(NC(=S)N2CCN(C3CCCCC3)CC2)cc1)N1CCOCC1. The molecule has 2 heterocycles. The first kappa shape index (κ1) is 22.0. The first-order valence-electron chi connectivity index (χ1n) is 11.0. The van der Waals surface area contributed by atoms with Crippen LogP contribution in [0.3, 0.4) is 0 Å². The lowest BCUT2D eigenvalue weighted by Gasteiger charge is -2.41. The van der Waals surface area contributed by atoms with Crippen molar-refractivity contribution in [3.63, 3.8) is 0 Å². The summed E-state index contributed by atoms with van der Waals surface area (Å²) in [5, 5.41) is 3.98. The quantitative estimate of drug-likeness (QED) is 0.704. The van der Waals surface area contributed by atoms with Crippen LogP contribution in [-0.2, 0) is 14.8 Å². The molecule has 1 aromatic carbocycles. The lowest BCUT2D eigenvalue weighted by atomic mass is 9.94. The van der Waals surface area contributed by atoms with Gasteiger partial charge in [0.1, 0.15) is 0 Å². The molecular weight excluding hydrogens is 420 g/mol. The van der Waals surface area contributed by atoms with E-state index in [2.05, 4.69) is 15.1 Å². The van der Waals surface area contributed by atoms with Gasteiger partial charge in [-0.25, -0.2) is 8.42 Å². The number of nitrogens with one attached hydrogen (secondary N) is 1. The Labute approximate surface area is 185 Å². The first-order valence-corrected chi connectivity index (χ1v) is 12.9. The summed E-state index contributed by atoms with van der Waals surface area (Å²) < 4.78 is 32.2.